The summed E-state index contributed by atoms with van der Waals surface area (Å²) in [6, 6.07) is 11.7. The number of anilines is 1. The van der Waals surface area contributed by atoms with Crippen LogP contribution in [0.2, 0.25) is 0 Å². The first kappa shape index (κ1) is 22.1. The zero-order valence-electron chi connectivity index (χ0n) is 16.6. The number of amides is 1. The van der Waals surface area contributed by atoms with Gasteiger partial charge in [0.05, 0.1) is 17.9 Å². The minimum atomic E-state index is -0.766. The predicted octanol–water partition coefficient (Wildman–Crippen LogP) is 2.76. The lowest BCUT2D eigenvalue weighted by molar-refractivity contribution is -0.123. The molecule has 0 aliphatic rings. The summed E-state index contributed by atoms with van der Waals surface area (Å²) >= 11 is 0. The number of carbonyl (C=O) groups is 2. The fourth-order valence-electron chi connectivity index (χ4n) is 2.63. The van der Waals surface area contributed by atoms with Crippen LogP contribution >= 0.6 is 0 Å². The Morgan fingerprint density at radius 1 is 1.21 bits per heavy atom. The molecule has 0 spiro atoms. The first-order valence-corrected chi connectivity index (χ1v) is 9.14. The van der Waals surface area contributed by atoms with Crippen molar-refractivity contribution in [3.05, 3.63) is 71.8 Å². The van der Waals surface area contributed by atoms with E-state index >= 15 is 0 Å². The highest BCUT2D eigenvalue weighted by Crippen LogP contribution is 2.24. The van der Waals surface area contributed by atoms with Gasteiger partial charge in [0, 0.05) is 7.05 Å². The van der Waals surface area contributed by atoms with E-state index in [2.05, 4.69) is 6.58 Å². The minimum Gasteiger partial charge on any atom is -0.508 e. The molecule has 7 nitrogen and oxygen atoms in total. The van der Waals surface area contributed by atoms with Crippen LogP contribution in [0, 0.1) is 0 Å². The van der Waals surface area contributed by atoms with Crippen molar-refractivity contribution in [2.75, 3.05) is 18.6 Å². The number of phenolic OH excluding ortho intramolecular Hbond substituents is 1. The molecule has 2 aromatic rings. The number of hydrogen-bond acceptors (Lipinski definition) is 6. The van der Waals surface area contributed by atoms with E-state index in [0.29, 0.717) is 12.1 Å². The van der Waals surface area contributed by atoms with Crippen LogP contribution in [-0.4, -0.2) is 36.9 Å². The lowest BCUT2D eigenvalue weighted by atomic mass is 10.1. The number of allylic oxidation sites excluding steroid dienone is 1. The Morgan fingerprint density at radius 3 is 2.48 bits per heavy atom. The minimum absolute atomic E-state index is 0.162. The summed E-state index contributed by atoms with van der Waals surface area (Å²) in [7, 11) is 1.57. The topological polar surface area (TPSA) is 102 Å². The van der Waals surface area contributed by atoms with Crippen molar-refractivity contribution >= 4 is 17.6 Å². The third-order valence-electron chi connectivity index (χ3n) is 4.12. The number of carbonyl (C=O) groups excluding carboxylic acids is 2. The molecule has 1 atom stereocenters. The zero-order valence-corrected chi connectivity index (χ0v) is 16.6. The van der Waals surface area contributed by atoms with Gasteiger partial charge in [0.25, 0.3) is 5.91 Å². The molecule has 3 N–H and O–H groups in total. The number of nitrogens with zero attached hydrogens (tertiary/aromatic N) is 1. The van der Waals surface area contributed by atoms with Gasteiger partial charge in [0.1, 0.15) is 18.6 Å². The van der Waals surface area contributed by atoms with E-state index in [1.54, 1.807) is 62.5 Å². The maximum absolute atomic E-state index is 12.6. The summed E-state index contributed by atoms with van der Waals surface area (Å²) in [5, 5.41) is 9.30. The molecular weight excluding hydrogens is 372 g/mol. The van der Waals surface area contributed by atoms with E-state index in [0.717, 1.165) is 11.1 Å². The lowest BCUT2D eigenvalue weighted by Crippen LogP contribution is -2.32. The normalized spacial score (nSPS) is 11.6. The Bertz CT molecular complexity index is 862. The highest BCUT2D eigenvalue weighted by Gasteiger charge is 2.21. The molecule has 0 heterocycles. The second-order valence-corrected chi connectivity index (χ2v) is 6.57. The molecule has 0 aromatic heterocycles. The number of likely N-dealkylation sites (N-methyl/N-ethyl adjacent to an activating group) is 1. The molecule has 0 aliphatic heterocycles. The van der Waals surface area contributed by atoms with Crippen LogP contribution < -0.4 is 10.6 Å². The van der Waals surface area contributed by atoms with Crippen molar-refractivity contribution in [3.63, 3.8) is 0 Å². The van der Waals surface area contributed by atoms with Gasteiger partial charge in [0.15, 0.2) is 0 Å². The summed E-state index contributed by atoms with van der Waals surface area (Å²) in [6.07, 6.45) is 1.56. The number of benzene rings is 2. The van der Waals surface area contributed by atoms with Gasteiger partial charge < -0.3 is 19.5 Å². The van der Waals surface area contributed by atoms with Crippen LogP contribution in [0.1, 0.15) is 28.4 Å². The molecule has 2 rings (SSSR count). The smallest absolute Gasteiger partial charge is 0.341 e. The number of hydrogen-bond donors (Lipinski definition) is 2. The average molecular weight is 398 g/mol. The molecule has 2 aromatic carbocycles. The van der Waals surface area contributed by atoms with Crippen LogP contribution in [0.15, 0.2) is 55.1 Å². The number of nitrogens with two attached hydrogens (primary N) is 1. The second-order valence-electron chi connectivity index (χ2n) is 6.57. The van der Waals surface area contributed by atoms with E-state index in [4.69, 9.17) is 15.2 Å². The highest BCUT2D eigenvalue weighted by atomic mass is 16.6. The van der Waals surface area contributed by atoms with E-state index in [-0.39, 0.29) is 30.4 Å². The van der Waals surface area contributed by atoms with Gasteiger partial charge in [-0.05, 0) is 48.7 Å². The molecule has 0 saturated heterocycles. The molecule has 1 unspecified atom stereocenters. The van der Waals surface area contributed by atoms with Gasteiger partial charge in [-0.1, -0.05) is 24.3 Å². The summed E-state index contributed by atoms with van der Waals surface area (Å²) in [4.78, 5) is 26.4. The zero-order chi connectivity index (χ0) is 21.4. The summed E-state index contributed by atoms with van der Waals surface area (Å²) in [6.45, 7) is 5.31. The fourth-order valence-corrected chi connectivity index (χ4v) is 2.63. The van der Waals surface area contributed by atoms with Crippen LogP contribution in [-0.2, 0) is 27.3 Å². The molecule has 1 amide bonds. The lowest BCUT2D eigenvalue weighted by Gasteiger charge is -2.21. The van der Waals surface area contributed by atoms with Crippen LogP contribution in [0.3, 0.4) is 0 Å². The van der Waals surface area contributed by atoms with Crippen molar-refractivity contribution in [3.8, 4) is 5.75 Å². The Balaban J connectivity index is 2.12. The van der Waals surface area contributed by atoms with Crippen LogP contribution in [0.25, 0.3) is 0 Å². The molecule has 0 saturated carbocycles. The number of rotatable bonds is 9. The first-order chi connectivity index (χ1) is 13.8. The SMILES string of the molecule is C=CCc1ccc(C(=O)OC(C)N)c(N(C)C(=O)COCc2ccc(O)cc2)c1. The average Bonchev–Trinajstić information content (AvgIpc) is 2.68. The van der Waals surface area contributed by atoms with Crippen molar-refractivity contribution in [1.82, 2.24) is 0 Å². The molecule has 29 heavy (non-hydrogen) atoms. The molecule has 7 heteroatoms. The van der Waals surface area contributed by atoms with Gasteiger partial charge in [-0.15, -0.1) is 6.58 Å². The Kier molecular flexibility index (Phi) is 7.94. The highest BCUT2D eigenvalue weighted by molar-refractivity contribution is 6.02. The third kappa shape index (κ3) is 6.44. The molecule has 0 bridgehead atoms. The van der Waals surface area contributed by atoms with E-state index < -0.39 is 12.2 Å². The van der Waals surface area contributed by atoms with Gasteiger partial charge in [-0.3, -0.25) is 10.5 Å². The Labute approximate surface area is 170 Å². The third-order valence-corrected chi connectivity index (χ3v) is 4.12. The maximum atomic E-state index is 12.6. The molecule has 154 valence electrons. The summed E-state index contributed by atoms with van der Waals surface area (Å²) in [5.41, 5.74) is 7.93. The summed E-state index contributed by atoms with van der Waals surface area (Å²) < 4.78 is 10.6. The van der Waals surface area contributed by atoms with Crippen molar-refractivity contribution < 1.29 is 24.2 Å². The number of aromatic hydroxyl groups is 1. The first-order valence-electron chi connectivity index (χ1n) is 9.14. The quantitative estimate of drug-likeness (QED) is 0.383. The van der Waals surface area contributed by atoms with E-state index in [1.807, 2.05) is 0 Å². The number of ether oxygens (including phenoxy) is 2. The predicted molar refractivity (Wildman–Crippen MR) is 111 cm³/mol. The van der Waals surface area contributed by atoms with E-state index in [9.17, 15) is 14.7 Å². The second kappa shape index (κ2) is 10.4. The van der Waals surface area contributed by atoms with Gasteiger partial charge in [0.2, 0.25) is 0 Å². The molecule has 0 fully saturated rings. The van der Waals surface area contributed by atoms with Crippen LogP contribution in [0.4, 0.5) is 5.69 Å². The molecule has 0 radical (unpaired) electrons. The van der Waals surface area contributed by atoms with Crippen LogP contribution in [0.5, 0.6) is 5.75 Å². The number of phenols is 1. The van der Waals surface area contributed by atoms with Crippen molar-refractivity contribution in [1.29, 1.82) is 0 Å². The van der Waals surface area contributed by atoms with Crippen molar-refractivity contribution in [2.24, 2.45) is 5.73 Å². The fraction of sp³-hybridized carbons (Fsp3) is 0.273. The largest absolute Gasteiger partial charge is 0.508 e. The summed E-state index contributed by atoms with van der Waals surface area (Å²) in [5.74, 6) is -0.769. The Morgan fingerprint density at radius 2 is 1.86 bits per heavy atom. The molecule has 0 aliphatic carbocycles. The monoisotopic (exact) mass is 398 g/mol. The van der Waals surface area contributed by atoms with Gasteiger partial charge >= 0.3 is 5.97 Å². The van der Waals surface area contributed by atoms with Gasteiger partial charge in [-0.25, -0.2) is 4.79 Å². The molecular formula is C22H26N2O5. The van der Waals surface area contributed by atoms with Gasteiger partial charge in [-0.2, -0.15) is 0 Å². The Hall–Kier alpha value is -3.16. The maximum Gasteiger partial charge on any atom is 0.341 e. The van der Waals surface area contributed by atoms with E-state index in [1.165, 1.54) is 4.90 Å². The standard InChI is InChI=1S/C22H26N2O5/c1-4-5-16-8-11-19(22(27)29-15(2)23)20(12-16)24(3)21(26)14-28-13-17-6-9-18(25)10-7-17/h4,6-12,15,25H,1,5,13-14,23H2,2-3H3. The number of esters is 1. The van der Waals surface area contributed by atoms with Crippen molar-refractivity contribution in [2.45, 2.75) is 26.2 Å².